The Kier molecular flexibility index (Phi) is 5.23. The summed E-state index contributed by atoms with van der Waals surface area (Å²) in [6.45, 7) is 4.35. The molecule has 0 bridgehead atoms. The molecule has 0 aromatic heterocycles. The fraction of sp³-hybridized carbons (Fsp3) is 0.538. The van der Waals surface area contributed by atoms with Crippen molar-refractivity contribution in [1.29, 1.82) is 0 Å². The Balaban J connectivity index is 2.63. The van der Waals surface area contributed by atoms with Gasteiger partial charge in [-0.05, 0) is 49.6 Å². The van der Waals surface area contributed by atoms with Crippen LogP contribution in [0.3, 0.4) is 0 Å². The van der Waals surface area contributed by atoms with Crippen LogP contribution in [0.5, 0.6) is 0 Å². The Morgan fingerprint density at radius 3 is 2.62 bits per heavy atom. The van der Waals surface area contributed by atoms with Gasteiger partial charge in [0, 0.05) is 11.1 Å². The zero-order chi connectivity index (χ0) is 12.1. The average Bonchev–Trinajstić information content (AvgIpc) is 2.23. The van der Waals surface area contributed by atoms with E-state index in [1.54, 1.807) is 6.07 Å². The van der Waals surface area contributed by atoms with E-state index in [0.29, 0.717) is 17.0 Å². The quantitative estimate of drug-likeness (QED) is 0.832. The summed E-state index contributed by atoms with van der Waals surface area (Å²) in [5.74, 6) is 0.349. The van der Waals surface area contributed by atoms with Gasteiger partial charge in [0.25, 0.3) is 0 Å². The molecule has 0 amide bonds. The largest absolute Gasteiger partial charge is 0.317 e. The monoisotopic (exact) mass is 243 g/mol. The van der Waals surface area contributed by atoms with Gasteiger partial charge >= 0.3 is 0 Å². The highest BCUT2D eigenvalue weighted by molar-refractivity contribution is 6.31. The van der Waals surface area contributed by atoms with Crippen molar-refractivity contribution in [2.45, 2.75) is 32.7 Å². The number of benzene rings is 1. The molecule has 1 unspecified atom stereocenters. The van der Waals surface area contributed by atoms with Gasteiger partial charge in [0.2, 0.25) is 0 Å². The summed E-state index contributed by atoms with van der Waals surface area (Å²) in [6, 6.07) is 4.98. The van der Waals surface area contributed by atoms with Gasteiger partial charge in [0.15, 0.2) is 0 Å². The maximum absolute atomic E-state index is 13.0. The number of aryl methyl sites for hydroxylation is 1. The summed E-state index contributed by atoms with van der Waals surface area (Å²) < 4.78 is 13.0. The highest BCUT2D eigenvalue weighted by atomic mass is 35.5. The molecule has 0 aliphatic carbocycles. The number of hydrogen-bond acceptors (Lipinski definition) is 1. The second kappa shape index (κ2) is 6.21. The maximum Gasteiger partial charge on any atom is 0.123 e. The molecule has 1 nitrogen and oxygen atoms in total. The van der Waals surface area contributed by atoms with Gasteiger partial charge in [-0.1, -0.05) is 25.4 Å². The first kappa shape index (κ1) is 13.5. The lowest BCUT2D eigenvalue weighted by molar-refractivity contribution is 0.402. The molecular formula is C13H19ClFN. The third kappa shape index (κ3) is 3.76. The fourth-order valence-corrected chi connectivity index (χ4v) is 2.07. The number of rotatable bonds is 5. The van der Waals surface area contributed by atoms with Crippen LogP contribution in [-0.4, -0.2) is 13.1 Å². The fourth-order valence-electron chi connectivity index (χ4n) is 1.86. The van der Waals surface area contributed by atoms with Gasteiger partial charge in [0.05, 0.1) is 0 Å². The molecule has 0 heterocycles. The molecule has 16 heavy (non-hydrogen) atoms. The molecule has 1 aromatic rings. The molecule has 0 aliphatic heterocycles. The second-order valence-corrected chi connectivity index (χ2v) is 4.82. The molecule has 90 valence electrons. The minimum atomic E-state index is -0.218. The molecule has 0 aliphatic rings. The summed E-state index contributed by atoms with van der Waals surface area (Å²) in [5.41, 5.74) is 0.891. The van der Waals surface area contributed by atoms with E-state index in [4.69, 9.17) is 11.6 Å². The molecule has 1 rings (SSSR count). The van der Waals surface area contributed by atoms with Crippen molar-refractivity contribution < 1.29 is 4.39 Å². The molecule has 1 N–H and O–H groups in total. The van der Waals surface area contributed by atoms with Crippen LogP contribution >= 0.6 is 11.6 Å². The Bertz CT molecular complexity index is 339. The predicted octanol–water partition coefficient (Wildman–Crippen LogP) is 3.66. The standard InChI is InChI=1S/C13H19ClFN/c1-9(2)13(16-3)7-4-10-8-11(15)5-6-12(10)14/h5-6,8-9,13,16H,4,7H2,1-3H3. The highest BCUT2D eigenvalue weighted by Crippen LogP contribution is 2.20. The van der Waals surface area contributed by atoms with Crippen LogP contribution in [0, 0.1) is 11.7 Å². The van der Waals surface area contributed by atoms with E-state index in [9.17, 15) is 4.39 Å². The number of hydrogen-bond donors (Lipinski definition) is 1. The molecular weight excluding hydrogens is 225 g/mol. The lowest BCUT2D eigenvalue weighted by Crippen LogP contribution is -2.31. The Labute approximate surface area is 102 Å². The van der Waals surface area contributed by atoms with Crippen LogP contribution < -0.4 is 5.32 Å². The van der Waals surface area contributed by atoms with E-state index >= 15 is 0 Å². The minimum Gasteiger partial charge on any atom is -0.317 e. The van der Waals surface area contributed by atoms with E-state index in [2.05, 4.69) is 19.2 Å². The van der Waals surface area contributed by atoms with Gasteiger partial charge in [0.1, 0.15) is 5.82 Å². The first-order chi connectivity index (χ1) is 7.54. The molecule has 0 saturated heterocycles. The van der Waals surface area contributed by atoms with Crippen molar-refractivity contribution in [3.05, 3.63) is 34.6 Å². The lowest BCUT2D eigenvalue weighted by atomic mass is 9.97. The van der Waals surface area contributed by atoms with E-state index in [1.807, 2.05) is 7.05 Å². The summed E-state index contributed by atoms with van der Waals surface area (Å²) >= 11 is 6.02. The van der Waals surface area contributed by atoms with Crippen molar-refractivity contribution >= 4 is 11.6 Å². The Morgan fingerprint density at radius 2 is 2.06 bits per heavy atom. The highest BCUT2D eigenvalue weighted by Gasteiger charge is 2.11. The van der Waals surface area contributed by atoms with Gasteiger partial charge in [-0.3, -0.25) is 0 Å². The van der Waals surface area contributed by atoms with Crippen LogP contribution in [0.15, 0.2) is 18.2 Å². The van der Waals surface area contributed by atoms with Crippen molar-refractivity contribution in [3.63, 3.8) is 0 Å². The topological polar surface area (TPSA) is 12.0 Å². The maximum atomic E-state index is 13.0. The zero-order valence-electron chi connectivity index (χ0n) is 10.1. The number of halogens is 2. The van der Waals surface area contributed by atoms with Gasteiger partial charge in [-0.15, -0.1) is 0 Å². The predicted molar refractivity (Wildman–Crippen MR) is 67.4 cm³/mol. The van der Waals surface area contributed by atoms with Crippen molar-refractivity contribution in [2.24, 2.45) is 5.92 Å². The Hall–Kier alpha value is -0.600. The minimum absolute atomic E-state index is 0.218. The molecule has 1 atom stereocenters. The normalized spacial score (nSPS) is 13.1. The second-order valence-electron chi connectivity index (χ2n) is 4.41. The smallest absolute Gasteiger partial charge is 0.123 e. The van der Waals surface area contributed by atoms with Gasteiger partial charge in [-0.25, -0.2) is 4.39 Å². The zero-order valence-corrected chi connectivity index (χ0v) is 10.8. The third-order valence-corrected chi connectivity index (χ3v) is 3.28. The number of nitrogens with one attached hydrogen (secondary N) is 1. The lowest BCUT2D eigenvalue weighted by Gasteiger charge is -2.20. The van der Waals surface area contributed by atoms with Crippen molar-refractivity contribution in [3.8, 4) is 0 Å². The summed E-state index contributed by atoms with van der Waals surface area (Å²) in [5, 5.41) is 3.92. The van der Waals surface area contributed by atoms with Crippen LogP contribution in [0.4, 0.5) is 4.39 Å². The van der Waals surface area contributed by atoms with Crippen LogP contribution in [0.1, 0.15) is 25.8 Å². The van der Waals surface area contributed by atoms with Crippen LogP contribution in [0.25, 0.3) is 0 Å². The average molecular weight is 244 g/mol. The van der Waals surface area contributed by atoms with Crippen LogP contribution in [-0.2, 0) is 6.42 Å². The van der Waals surface area contributed by atoms with E-state index in [-0.39, 0.29) is 5.82 Å². The van der Waals surface area contributed by atoms with Crippen molar-refractivity contribution in [1.82, 2.24) is 5.32 Å². The van der Waals surface area contributed by atoms with E-state index in [1.165, 1.54) is 12.1 Å². The SMILES string of the molecule is CNC(CCc1cc(F)ccc1Cl)C(C)C. The first-order valence-electron chi connectivity index (χ1n) is 5.65. The molecule has 0 radical (unpaired) electrons. The summed E-state index contributed by atoms with van der Waals surface area (Å²) in [7, 11) is 1.96. The van der Waals surface area contributed by atoms with E-state index in [0.717, 1.165) is 18.4 Å². The van der Waals surface area contributed by atoms with Crippen molar-refractivity contribution in [2.75, 3.05) is 7.05 Å². The molecule has 3 heteroatoms. The van der Waals surface area contributed by atoms with Gasteiger partial charge in [-0.2, -0.15) is 0 Å². The molecule has 0 spiro atoms. The molecule has 0 fully saturated rings. The summed E-state index contributed by atoms with van der Waals surface area (Å²) in [4.78, 5) is 0. The molecule has 0 saturated carbocycles. The van der Waals surface area contributed by atoms with E-state index < -0.39 is 0 Å². The van der Waals surface area contributed by atoms with Crippen LogP contribution in [0.2, 0.25) is 5.02 Å². The molecule has 1 aromatic carbocycles. The van der Waals surface area contributed by atoms with Gasteiger partial charge < -0.3 is 5.32 Å². The summed E-state index contributed by atoms with van der Waals surface area (Å²) in [6.07, 6.45) is 1.78. The Morgan fingerprint density at radius 1 is 1.38 bits per heavy atom. The first-order valence-corrected chi connectivity index (χ1v) is 6.03. The third-order valence-electron chi connectivity index (χ3n) is 2.91.